The molecule has 2 aromatic carbocycles. The quantitative estimate of drug-likeness (QED) is 0.726. The van der Waals surface area contributed by atoms with Crippen molar-refractivity contribution in [2.45, 2.75) is 32.5 Å². The Labute approximate surface area is 142 Å². The van der Waals surface area contributed by atoms with E-state index >= 15 is 0 Å². The predicted octanol–water partition coefficient (Wildman–Crippen LogP) is 3.78. The number of hydrogen-bond donors (Lipinski definition) is 2. The molecule has 2 unspecified atom stereocenters. The average molecular weight is 321 g/mol. The summed E-state index contributed by atoms with van der Waals surface area (Å²) in [5, 5.41) is 17.3. The van der Waals surface area contributed by atoms with Gasteiger partial charge in [0.2, 0.25) is 0 Å². The molecule has 0 radical (unpaired) electrons. The van der Waals surface area contributed by atoms with Gasteiger partial charge in [-0.1, -0.05) is 42.5 Å². The third kappa shape index (κ3) is 3.55. The van der Waals surface area contributed by atoms with Crippen molar-refractivity contribution in [1.29, 1.82) is 0 Å². The number of rotatable bonds is 6. The lowest BCUT2D eigenvalue weighted by Gasteiger charge is -2.23. The van der Waals surface area contributed by atoms with Crippen LogP contribution in [0.1, 0.15) is 42.6 Å². The molecule has 0 spiro atoms. The number of aromatic nitrogens is 2. The molecule has 0 aliphatic rings. The third-order valence-electron chi connectivity index (χ3n) is 4.29. The predicted molar refractivity (Wildman–Crippen MR) is 95.9 cm³/mol. The van der Waals surface area contributed by atoms with Gasteiger partial charge in [-0.05, 0) is 42.7 Å². The minimum Gasteiger partial charge on any atom is -0.392 e. The highest BCUT2D eigenvalue weighted by Crippen LogP contribution is 2.24. The van der Waals surface area contributed by atoms with E-state index in [1.165, 1.54) is 11.1 Å². The summed E-state index contributed by atoms with van der Waals surface area (Å²) in [6.45, 7) is 4.37. The van der Waals surface area contributed by atoms with Crippen molar-refractivity contribution in [2.75, 3.05) is 0 Å². The second kappa shape index (κ2) is 7.43. The molecule has 0 bridgehead atoms. The van der Waals surface area contributed by atoms with Crippen LogP contribution in [0.15, 0.2) is 67.0 Å². The van der Waals surface area contributed by atoms with Gasteiger partial charge in [0.25, 0.3) is 0 Å². The number of nitrogens with one attached hydrogen (secondary N) is 1. The van der Waals surface area contributed by atoms with Gasteiger partial charge in [-0.15, -0.1) is 0 Å². The SMILES string of the molecule is CC(NC(C)c1ccccc1-n1cccn1)c1cccc(CO)c1. The van der Waals surface area contributed by atoms with Gasteiger partial charge in [-0.2, -0.15) is 5.10 Å². The lowest BCUT2D eigenvalue weighted by atomic mass is 10.0. The maximum Gasteiger partial charge on any atom is 0.0693 e. The first-order valence-electron chi connectivity index (χ1n) is 8.23. The fourth-order valence-electron chi connectivity index (χ4n) is 3.00. The van der Waals surface area contributed by atoms with Gasteiger partial charge in [-0.3, -0.25) is 0 Å². The summed E-state index contributed by atoms with van der Waals surface area (Å²) in [6.07, 6.45) is 3.75. The molecule has 0 amide bonds. The minimum atomic E-state index is 0.0677. The van der Waals surface area contributed by atoms with E-state index in [0.717, 1.165) is 11.3 Å². The van der Waals surface area contributed by atoms with Gasteiger partial charge in [-0.25, -0.2) is 4.68 Å². The van der Waals surface area contributed by atoms with Crippen molar-refractivity contribution in [3.05, 3.63) is 83.7 Å². The minimum absolute atomic E-state index is 0.0677. The van der Waals surface area contributed by atoms with E-state index < -0.39 is 0 Å². The Hall–Kier alpha value is -2.43. The van der Waals surface area contributed by atoms with Gasteiger partial charge in [0, 0.05) is 24.5 Å². The molecular formula is C20H23N3O. The van der Waals surface area contributed by atoms with Crippen LogP contribution < -0.4 is 5.32 Å². The van der Waals surface area contributed by atoms with Crippen LogP contribution in [0.2, 0.25) is 0 Å². The fourth-order valence-corrected chi connectivity index (χ4v) is 3.00. The molecule has 0 aliphatic carbocycles. The first-order valence-corrected chi connectivity index (χ1v) is 8.23. The maximum atomic E-state index is 9.32. The smallest absolute Gasteiger partial charge is 0.0693 e. The van der Waals surface area contributed by atoms with E-state index in [-0.39, 0.29) is 18.7 Å². The molecule has 124 valence electrons. The highest BCUT2D eigenvalue weighted by Gasteiger charge is 2.15. The van der Waals surface area contributed by atoms with Crippen molar-refractivity contribution >= 4 is 0 Å². The molecule has 0 aliphatic heterocycles. The average Bonchev–Trinajstić information content (AvgIpc) is 3.16. The molecule has 2 atom stereocenters. The summed E-state index contributed by atoms with van der Waals surface area (Å²) in [7, 11) is 0. The highest BCUT2D eigenvalue weighted by molar-refractivity contribution is 5.42. The number of hydrogen-bond acceptors (Lipinski definition) is 3. The molecule has 0 fully saturated rings. The van der Waals surface area contributed by atoms with E-state index in [1.54, 1.807) is 6.20 Å². The topological polar surface area (TPSA) is 50.1 Å². The second-order valence-electron chi connectivity index (χ2n) is 6.02. The van der Waals surface area contributed by atoms with Gasteiger partial charge in [0.1, 0.15) is 0 Å². The lowest BCUT2D eigenvalue weighted by Crippen LogP contribution is -2.23. The molecule has 4 heteroatoms. The van der Waals surface area contributed by atoms with Crippen LogP contribution in [0, 0.1) is 0 Å². The van der Waals surface area contributed by atoms with Crippen LogP contribution in [-0.4, -0.2) is 14.9 Å². The van der Waals surface area contributed by atoms with Crippen molar-refractivity contribution in [2.24, 2.45) is 0 Å². The molecule has 0 saturated carbocycles. The highest BCUT2D eigenvalue weighted by atomic mass is 16.3. The molecule has 2 N–H and O–H groups in total. The monoisotopic (exact) mass is 321 g/mol. The number of para-hydroxylation sites is 1. The Bertz CT molecular complexity index is 783. The Morgan fingerprint density at radius 3 is 2.62 bits per heavy atom. The summed E-state index contributed by atoms with van der Waals surface area (Å²) < 4.78 is 1.89. The molecule has 0 saturated heterocycles. The molecule has 1 heterocycles. The van der Waals surface area contributed by atoms with Crippen LogP contribution in [0.5, 0.6) is 0 Å². The van der Waals surface area contributed by atoms with Crippen LogP contribution in [0.3, 0.4) is 0 Å². The molecular weight excluding hydrogens is 298 g/mol. The molecule has 4 nitrogen and oxygen atoms in total. The van der Waals surface area contributed by atoms with Crippen LogP contribution >= 0.6 is 0 Å². The third-order valence-corrected chi connectivity index (χ3v) is 4.29. The van der Waals surface area contributed by atoms with Crippen molar-refractivity contribution in [1.82, 2.24) is 15.1 Å². The van der Waals surface area contributed by atoms with E-state index in [2.05, 4.69) is 48.5 Å². The summed E-state index contributed by atoms with van der Waals surface area (Å²) in [5.41, 5.74) is 4.39. The van der Waals surface area contributed by atoms with Crippen LogP contribution in [0.25, 0.3) is 5.69 Å². The van der Waals surface area contributed by atoms with E-state index in [1.807, 2.05) is 41.2 Å². The number of aliphatic hydroxyl groups is 1. The summed E-state index contributed by atoms with van der Waals surface area (Å²) in [4.78, 5) is 0. The molecule has 3 aromatic rings. The molecule has 3 rings (SSSR count). The number of aliphatic hydroxyl groups excluding tert-OH is 1. The van der Waals surface area contributed by atoms with Crippen LogP contribution in [-0.2, 0) is 6.61 Å². The van der Waals surface area contributed by atoms with Crippen molar-refractivity contribution in [3.8, 4) is 5.69 Å². The van der Waals surface area contributed by atoms with Crippen molar-refractivity contribution < 1.29 is 5.11 Å². The van der Waals surface area contributed by atoms with Crippen LogP contribution in [0.4, 0.5) is 0 Å². The molecule has 24 heavy (non-hydrogen) atoms. The second-order valence-corrected chi connectivity index (χ2v) is 6.02. The summed E-state index contributed by atoms with van der Waals surface area (Å²) in [6, 6.07) is 18.6. The maximum absolute atomic E-state index is 9.32. The standard InChI is InChI=1S/C20H23N3O/c1-15(18-8-5-7-17(13-18)14-24)22-16(2)19-9-3-4-10-20(19)23-12-6-11-21-23/h3-13,15-16,22,24H,14H2,1-2H3. The Balaban J connectivity index is 1.81. The Kier molecular flexibility index (Phi) is 5.08. The fraction of sp³-hybridized carbons (Fsp3) is 0.250. The Morgan fingerprint density at radius 2 is 1.88 bits per heavy atom. The van der Waals surface area contributed by atoms with Gasteiger partial charge in [0.15, 0.2) is 0 Å². The zero-order valence-corrected chi connectivity index (χ0v) is 14.1. The Morgan fingerprint density at radius 1 is 1.04 bits per heavy atom. The van der Waals surface area contributed by atoms with E-state index in [4.69, 9.17) is 0 Å². The lowest BCUT2D eigenvalue weighted by molar-refractivity contribution is 0.281. The summed E-state index contributed by atoms with van der Waals surface area (Å²) >= 11 is 0. The molecule has 1 aromatic heterocycles. The largest absolute Gasteiger partial charge is 0.392 e. The van der Waals surface area contributed by atoms with Gasteiger partial charge in [0.05, 0.1) is 12.3 Å². The number of benzene rings is 2. The summed E-state index contributed by atoms with van der Waals surface area (Å²) in [5.74, 6) is 0. The normalized spacial score (nSPS) is 13.6. The van der Waals surface area contributed by atoms with Crippen molar-refractivity contribution in [3.63, 3.8) is 0 Å². The first kappa shape index (κ1) is 16.4. The van der Waals surface area contributed by atoms with Gasteiger partial charge < -0.3 is 10.4 Å². The zero-order valence-electron chi connectivity index (χ0n) is 14.1. The number of nitrogens with zero attached hydrogens (tertiary/aromatic N) is 2. The zero-order chi connectivity index (χ0) is 16.9. The van der Waals surface area contributed by atoms with E-state index in [0.29, 0.717) is 0 Å². The van der Waals surface area contributed by atoms with Gasteiger partial charge >= 0.3 is 0 Å². The first-order chi connectivity index (χ1) is 11.7. The van der Waals surface area contributed by atoms with E-state index in [9.17, 15) is 5.11 Å².